The third-order valence-electron chi connectivity index (χ3n) is 3.35. The van der Waals surface area contributed by atoms with Crippen molar-refractivity contribution in [1.82, 2.24) is 0 Å². The van der Waals surface area contributed by atoms with Gasteiger partial charge in [-0.25, -0.2) is 13.2 Å². The number of hydrogen-bond acceptors (Lipinski definition) is 0. The lowest BCUT2D eigenvalue weighted by Crippen LogP contribution is -2.50. The van der Waals surface area contributed by atoms with Crippen molar-refractivity contribution in [1.29, 1.82) is 0 Å². The van der Waals surface area contributed by atoms with Crippen LogP contribution in [-0.4, -0.2) is 12.4 Å². The molecule has 0 aromatic heterocycles. The maximum Gasteiger partial charge on any atom is 0.435 e. The van der Waals surface area contributed by atoms with Gasteiger partial charge < -0.3 is 0 Å². The van der Waals surface area contributed by atoms with Gasteiger partial charge in [-0.2, -0.15) is 26.3 Å². The van der Waals surface area contributed by atoms with Crippen molar-refractivity contribution in [3.8, 4) is 11.1 Å². The Morgan fingerprint density at radius 3 is 1.65 bits per heavy atom. The van der Waals surface area contributed by atoms with Crippen molar-refractivity contribution in [2.45, 2.75) is 18.0 Å². The van der Waals surface area contributed by atoms with Gasteiger partial charge in [0.05, 0.1) is 5.56 Å². The van der Waals surface area contributed by atoms with E-state index in [1.54, 1.807) is 0 Å². The molecule has 0 aliphatic carbocycles. The summed E-state index contributed by atoms with van der Waals surface area (Å²) in [5.74, 6) is -2.95. The predicted octanol–water partition coefficient (Wildman–Crippen LogP) is 7.25. The fourth-order valence-electron chi connectivity index (χ4n) is 2.24. The molecule has 0 N–H and O–H groups in total. The Bertz CT molecular complexity index is 806. The van der Waals surface area contributed by atoms with Crippen LogP contribution in [0, 0.1) is 17.7 Å². The lowest BCUT2D eigenvalue weighted by Gasteiger charge is -2.32. The van der Waals surface area contributed by atoms with E-state index >= 15 is 0 Å². The van der Waals surface area contributed by atoms with E-state index in [4.69, 9.17) is 0 Å². The summed E-state index contributed by atoms with van der Waals surface area (Å²) in [5.41, 5.74) is -10.5. The molecule has 0 unspecified atom stereocenters. The number of alkyl halides is 7. The van der Waals surface area contributed by atoms with E-state index in [0.717, 1.165) is 6.07 Å². The molecule has 2 rings (SSSR count). The van der Waals surface area contributed by atoms with Gasteiger partial charge in [-0.3, -0.25) is 0 Å². The van der Waals surface area contributed by atoms with Crippen LogP contribution in [0.1, 0.15) is 5.56 Å². The zero-order chi connectivity index (χ0) is 20.1. The van der Waals surface area contributed by atoms with Crippen LogP contribution in [0.25, 0.3) is 11.1 Å². The summed E-state index contributed by atoms with van der Waals surface area (Å²) in [4.78, 5) is 0. The Labute approximate surface area is 157 Å². The SMILES string of the molecule is Fc1cccc(F)c1-c1c(Br)[c]c(Br)cc1C(F)(C(F)(F)F)C(F)(F)F. The van der Waals surface area contributed by atoms with Crippen LogP contribution in [0.4, 0.5) is 39.5 Å². The molecule has 0 fully saturated rings. The second-order valence-electron chi connectivity index (χ2n) is 4.97. The van der Waals surface area contributed by atoms with Gasteiger partial charge in [0.1, 0.15) is 11.6 Å². The maximum absolute atomic E-state index is 14.6. The van der Waals surface area contributed by atoms with Crippen molar-refractivity contribution in [2.24, 2.45) is 0 Å². The molecular formula is C15H4Br2F9. The third-order valence-corrected chi connectivity index (χ3v) is 4.38. The standard InChI is InChI=1S/C15H4Br2F9/c16-6-4-7(13(20,14(21,22)23)15(24,25)26)11(8(17)5-6)12-9(18)2-1-3-10(12)19/h1-4H. The second-order valence-corrected chi connectivity index (χ2v) is 6.62. The summed E-state index contributed by atoms with van der Waals surface area (Å²) in [6.07, 6.45) is -12.9. The van der Waals surface area contributed by atoms with E-state index in [1.165, 1.54) is 0 Å². The first kappa shape index (κ1) is 21.1. The summed E-state index contributed by atoms with van der Waals surface area (Å²) < 4.78 is 120. The van der Waals surface area contributed by atoms with Crippen molar-refractivity contribution >= 4 is 31.9 Å². The van der Waals surface area contributed by atoms with Crippen LogP contribution in [0.2, 0.25) is 0 Å². The van der Waals surface area contributed by atoms with Crippen molar-refractivity contribution in [2.75, 3.05) is 0 Å². The Morgan fingerprint density at radius 2 is 1.23 bits per heavy atom. The maximum atomic E-state index is 14.6. The van der Waals surface area contributed by atoms with Gasteiger partial charge in [-0.1, -0.05) is 22.0 Å². The van der Waals surface area contributed by atoms with E-state index in [9.17, 15) is 39.5 Å². The fraction of sp³-hybridized carbons (Fsp3) is 0.200. The number of halogens is 11. The highest BCUT2D eigenvalue weighted by atomic mass is 79.9. The minimum atomic E-state index is -6.46. The summed E-state index contributed by atoms with van der Waals surface area (Å²) in [6.45, 7) is 0. The smallest absolute Gasteiger partial charge is 0.218 e. The van der Waals surface area contributed by atoms with Crippen LogP contribution in [-0.2, 0) is 5.67 Å². The van der Waals surface area contributed by atoms with Crippen molar-refractivity contribution < 1.29 is 39.5 Å². The molecule has 2 aromatic carbocycles. The molecule has 0 spiro atoms. The number of hydrogen-bond donors (Lipinski definition) is 0. The first-order chi connectivity index (χ1) is 11.7. The molecule has 1 radical (unpaired) electrons. The highest BCUT2D eigenvalue weighted by molar-refractivity contribution is 9.11. The van der Waals surface area contributed by atoms with Crippen LogP contribution >= 0.6 is 31.9 Å². The van der Waals surface area contributed by atoms with E-state index in [1.807, 2.05) is 0 Å². The third kappa shape index (κ3) is 3.35. The normalized spacial score (nSPS) is 13.2. The molecule has 26 heavy (non-hydrogen) atoms. The van der Waals surface area contributed by atoms with Gasteiger partial charge in [0, 0.05) is 26.1 Å². The second kappa shape index (κ2) is 6.74. The Balaban J connectivity index is 3.03. The highest BCUT2D eigenvalue weighted by Crippen LogP contribution is 2.56. The highest BCUT2D eigenvalue weighted by Gasteiger charge is 2.74. The van der Waals surface area contributed by atoms with Crippen molar-refractivity contribution in [3.05, 3.63) is 56.5 Å². The molecule has 0 saturated carbocycles. The molecular weight excluding hydrogens is 511 g/mol. The zero-order valence-electron chi connectivity index (χ0n) is 12.0. The Morgan fingerprint density at radius 1 is 0.769 bits per heavy atom. The van der Waals surface area contributed by atoms with Gasteiger partial charge in [0.25, 0.3) is 0 Å². The fourth-order valence-corrected chi connectivity index (χ4v) is 3.56. The molecule has 0 heterocycles. The molecule has 0 bridgehead atoms. The minimum absolute atomic E-state index is 0.132. The van der Waals surface area contributed by atoms with E-state index < -0.39 is 55.3 Å². The summed E-state index contributed by atoms with van der Waals surface area (Å²) in [7, 11) is 0. The van der Waals surface area contributed by atoms with Gasteiger partial charge in [0.2, 0.25) is 0 Å². The molecule has 141 valence electrons. The summed E-state index contributed by atoms with van der Waals surface area (Å²) >= 11 is 5.22. The summed E-state index contributed by atoms with van der Waals surface area (Å²) in [6, 6.07) is 4.40. The van der Waals surface area contributed by atoms with Gasteiger partial charge in [-0.05, 0) is 34.1 Å². The summed E-state index contributed by atoms with van der Waals surface area (Å²) in [5, 5.41) is 0. The molecule has 0 aliphatic rings. The molecule has 0 nitrogen and oxygen atoms in total. The van der Waals surface area contributed by atoms with Crippen LogP contribution < -0.4 is 0 Å². The lowest BCUT2D eigenvalue weighted by atomic mass is 9.86. The average Bonchev–Trinajstić information content (AvgIpc) is 2.45. The van der Waals surface area contributed by atoms with Gasteiger partial charge in [-0.15, -0.1) is 0 Å². The van der Waals surface area contributed by atoms with Crippen LogP contribution in [0.3, 0.4) is 0 Å². The molecule has 0 atom stereocenters. The topological polar surface area (TPSA) is 0 Å². The molecule has 2 aromatic rings. The lowest BCUT2D eigenvalue weighted by molar-refractivity contribution is -0.348. The van der Waals surface area contributed by atoms with Crippen LogP contribution in [0.15, 0.2) is 33.2 Å². The van der Waals surface area contributed by atoms with Crippen LogP contribution in [0.5, 0.6) is 0 Å². The van der Waals surface area contributed by atoms with E-state index in [-0.39, 0.29) is 6.07 Å². The van der Waals surface area contributed by atoms with Crippen molar-refractivity contribution in [3.63, 3.8) is 0 Å². The van der Waals surface area contributed by atoms with E-state index in [2.05, 4.69) is 37.9 Å². The Hall–Kier alpha value is -1.23. The number of benzene rings is 2. The predicted molar refractivity (Wildman–Crippen MR) is 80.9 cm³/mol. The van der Waals surface area contributed by atoms with E-state index in [0.29, 0.717) is 12.1 Å². The van der Waals surface area contributed by atoms with Gasteiger partial charge in [0.15, 0.2) is 0 Å². The van der Waals surface area contributed by atoms with Gasteiger partial charge >= 0.3 is 18.0 Å². The molecule has 0 aliphatic heterocycles. The quantitative estimate of drug-likeness (QED) is 0.370. The first-order valence-electron chi connectivity index (χ1n) is 6.40. The first-order valence-corrected chi connectivity index (χ1v) is 7.99. The Kier molecular flexibility index (Phi) is 5.46. The monoisotopic (exact) mass is 513 g/mol. The molecule has 0 amide bonds. The number of rotatable bonds is 2. The average molecular weight is 515 g/mol. The minimum Gasteiger partial charge on any atom is -0.218 e. The zero-order valence-corrected chi connectivity index (χ0v) is 15.1. The molecule has 11 heteroatoms. The molecule has 0 saturated heterocycles. The largest absolute Gasteiger partial charge is 0.435 e.